The molecule has 2 rings (SSSR count). The van der Waals surface area contributed by atoms with E-state index in [-0.39, 0.29) is 5.56 Å². The second kappa shape index (κ2) is 4.23. The van der Waals surface area contributed by atoms with Crippen molar-refractivity contribution in [1.82, 2.24) is 4.98 Å². The highest BCUT2D eigenvalue weighted by molar-refractivity contribution is 5.67. The minimum absolute atomic E-state index is 0.0764. The number of benzene rings is 1. The Hall–Kier alpha value is -2.03. The summed E-state index contributed by atoms with van der Waals surface area (Å²) in [5.74, 6) is 0. The van der Waals surface area contributed by atoms with E-state index in [0.29, 0.717) is 0 Å². The van der Waals surface area contributed by atoms with Crippen LogP contribution in [0.4, 0.5) is 5.69 Å². The molecule has 0 aliphatic heterocycles. The highest BCUT2D eigenvalue weighted by Gasteiger charge is 2.00. The Morgan fingerprint density at radius 1 is 1.06 bits per heavy atom. The molecule has 0 unspecified atom stereocenters. The van der Waals surface area contributed by atoms with Gasteiger partial charge in [0.25, 0.3) is 0 Å². The molecular formula is C13H14N2O. The zero-order valence-electron chi connectivity index (χ0n) is 9.40. The normalized spacial score (nSPS) is 10.1. The lowest BCUT2D eigenvalue weighted by molar-refractivity contribution is 1.13. The van der Waals surface area contributed by atoms with E-state index in [9.17, 15) is 4.79 Å². The molecule has 1 aromatic carbocycles. The third-order valence-electron chi connectivity index (χ3n) is 2.48. The van der Waals surface area contributed by atoms with Crippen molar-refractivity contribution in [3.05, 3.63) is 52.9 Å². The first-order chi connectivity index (χ1) is 7.66. The molecule has 0 fully saturated rings. The Labute approximate surface area is 94.4 Å². The minimum Gasteiger partial charge on any atom is -0.378 e. The van der Waals surface area contributed by atoms with Gasteiger partial charge in [-0.25, -0.2) is 0 Å². The van der Waals surface area contributed by atoms with Gasteiger partial charge in [0.05, 0.1) is 0 Å². The number of hydrogen-bond acceptors (Lipinski definition) is 2. The van der Waals surface area contributed by atoms with E-state index in [4.69, 9.17) is 0 Å². The molecule has 0 bridgehead atoms. The molecule has 0 aliphatic carbocycles. The van der Waals surface area contributed by atoms with Crippen molar-refractivity contribution < 1.29 is 0 Å². The molecular weight excluding hydrogens is 200 g/mol. The van der Waals surface area contributed by atoms with Gasteiger partial charge in [0.1, 0.15) is 0 Å². The van der Waals surface area contributed by atoms with Gasteiger partial charge in [-0.05, 0) is 29.3 Å². The van der Waals surface area contributed by atoms with Crippen molar-refractivity contribution in [3.8, 4) is 11.1 Å². The molecule has 16 heavy (non-hydrogen) atoms. The van der Waals surface area contributed by atoms with Crippen LogP contribution in [0.5, 0.6) is 0 Å². The van der Waals surface area contributed by atoms with Gasteiger partial charge >= 0.3 is 0 Å². The summed E-state index contributed by atoms with van der Waals surface area (Å²) < 4.78 is 0. The molecule has 0 spiro atoms. The summed E-state index contributed by atoms with van der Waals surface area (Å²) >= 11 is 0. The average Bonchev–Trinajstić information content (AvgIpc) is 2.30. The highest BCUT2D eigenvalue weighted by Crippen LogP contribution is 2.22. The summed E-state index contributed by atoms with van der Waals surface area (Å²) in [4.78, 5) is 15.7. The molecule has 0 atom stereocenters. The molecule has 0 radical (unpaired) electrons. The average molecular weight is 214 g/mol. The van der Waals surface area contributed by atoms with Crippen molar-refractivity contribution in [2.75, 3.05) is 19.0 Å². The van der Waals surface area contributed by atoms with Crippen LogP contribution in [0.25, 0.3) is 11.1 Å². The molecule has 3 heteroatoms. The fourth-order valence-corrected chi connectivity index (χ4v) is 1.55. The number of nitrogens with zero attached hydrogens (tertiary/aromatic N) is 1. The Morgan fingerprint density at radius 2 is 1.88 bits per heavy atom. The largest absolute Gasteiger partial charge is 0.378 e. The molecule has 1 aromatic heterocycles. The van der Waals surface area contributed by atoms with Gasteiger partial charge in [0, 0.05) is 32.0 Å². The molecule has 0 aliphatic rings. The molecule has 0 saturated heterocycles. The first kappa shape index (κ1) is 10.5. The number of aromatic amines is 1. The van der Waals surface area contributed by atoms with Crippen molar-refractivity contribution in [2.45, 2.75) is 0 Å². The van der Waals surface area contributed by atoms with E-state index in [1.165, 1.54) is 6.07 Å². The van der Waals surface area contributed by atoms with Crippen LogP contribution in [0.2, 0.25) is 0 Å². The summed E-state index contributed by atoms with van der Waals surface area (Å²) in [5, 5.41) is 0. The second-order valence-corrected chi connectivity index (χ2v) is 3.89. The number of nitrogens with one attached hydrogen (secondary N) is 1. The highest BCUT2D eigenvalue weighted by atomic mass is 16.1. The van der Waals surface area contributed by atoms with Gasteiger partial charge in [-0.3, -0.25) is 4.79 Å². The quantitative estimate of drug-likeness (QED) is 0.831. The SMILES string of the molecule is CN(C)c1cccc(-c2ccc(=O)[nH]c2)c1. The van der Waals surface area contributed by atoms with Crippen LogP contribution in [0.1, 0.15) is 0 Å². The zero-order valence-corrected chi connectivity index (χ0v) is 9.40. The maximum Gasteiger partial charge on any atom is 0.247 e. The predicted octanol–water partition coefficient (Wildman–Crippen LogP) is 2.11. The number of pyridine rings is 1. The zero-order chi connectivity index (χ0) is 11.5. The Balaban J connectivity index is 2.44. The summed E-state index contributed by atoms with van der Waals surface area (Å²) in [6, 6.07) is 11.5. The van der Waals surface area contributed by atoms with Crippen LogP contribution in [-0.4, -0.2) is 19.1 Å². The predicted molar refractivity (Wildman–Crippen MR) is 66.8 cm³/mol. The molecule has 2 aromatic rings. The maximum atomic E-state index is 11.0. The van der Waals surface area contributed by atoms with Crippen molar-refractivity contribution in [2.24, 2.45) is 0 Å². The Kier molecular flexibility index (Phi) is 2.77. The summed E-state index contributed by atoms with van der Waals surface area (Å²) in [6.45, 7) is 0. The number of rotatable bonds is 2. The summed E-state index contributed by atoms with van der Waals surface area (Å²) in [5.41, 5.74) is 3.18. The topological polar surface area (TPSA) is 36.1 Å². The first-order valence-corrected chi connectivity index (χ1v) is 5.13. The van der Waals surface area contributed by atoms with E-state index in [1.54, 1.807) is 6.20 Å². The van der Waals surface area contributed by atoms with E-state index in [1.807, 2.05) is 32.3 Å². The Bertz CT molecular complexity index is 523. The summed E-state index contributed by atoms with van der Waals surface area (Å²) in [6.07, 6.45) is 1.73. The number of hydrogen-bond donors (Lipinski definition) is 1. The van der Waals surface area contributed by atoms with Crippen LogP contribution in [0.3, 0.4) is 0 Å². The van der Waals surface area contributed by atoms with Crippen LogP contribution < -0.4 is 10.5 Å². The summed E-state index contributed by atoms with van der Waals surface area (Å²) in [7, 11) is 4.01. The lowest BCUT2D eigenvalue weighted by Crippen LogP contribution is -2.08. The van der Waals surface area contributed by atoms with Gasteiger partial charge in [0.15, 0.2) is 0 Å². The Morgan fingerprint density at radius 3 is 2.50 bits per heavy atom. The lowest BCUT2D eigenvalue weighted by atomic mass is 10.1. The molecule has 3 nitrogen and oxygen atoms in total. The van der Waals surface area contributed by atoms with Gasteiger partial charge in [-0.15, -0.1) is 0 Å². The fourth-order valence-electron chi connectivity index (χ4n) is 1.55. The van der Waals surface area contributed by atoms with Crippen LogP contribution in [-0.2, 0) is 0 Å². The monoisotopic (exact) mass is 214 g/mol. The van der Waals surface area contributed by atoms with Gasteiger partial charge < -0.3 is 9.88 Å². The number of aromatic nitrogens is 1. The van der Waals surface area contributed by atoms with Crippen LogP contribution in [0.15, 0.2) is 47.4 Å². The molecule has 0 amide bonds. The smallest absolute Gasteiger partial charge is 0.247 e. The van der Waals surface area contributed by atoms with Gasteiger partial charge in [0.2, 0.25) is 5.56 Å². The first-order valence-electron chi connectivity index (χ1n) is 5.13. The van der Waals surface area contributed by atoms with Crippen molar-refractivity contribution in [1.29, 1.82) is 0 Å². The van der Waals surface area contributed by atoms with E-state index in [2.05, 4.69) is 22.0 Å². The molecule has 1 heterocycles. The third-order valence-corrected chi connectivity index (χ3v) is 2.48. The number of anilines is 1. The van der Waals surface area contributed by atoms with Gasteiger partial charge in [-0.2, -0.15) is 0 Å². The molecule has 1 N–H and O–H groups in total. The van der Waals surface area contributed by atoms with E-state index < -0.39 is 0 Å². The van der Waals surface area contributed by atoms with Crippen LogP contribution >= 0.6 is 0 Å². The third kappa shape index (κ3) is 2.14. The lowest BCUT2D eigenvalue weighted by Gasteiger charge is -2.13. The minimum atomic E-state index is -0.0764. The van der Waals surface area contributed by atoms with E-state index in [0.717, 1.165) is 16.8 Å². The molecule has 82 valence electrons. The second-order valence-electron chi connectivity index (χ2n) is 3.89. The molecule has 0 saturated carbocycles. The standard InChI is InChI=1S/C13H14N2O/c1-15(2)12-5-3-4-10(8-12)11-6-7-13(16)14-9-11/h3-9H,1-2H3,(H,14,16). The fraction of sp³-hybridized carbons (Fsp3) is 0.154. The van der Waals surface area contributed by atoms with Gasteiger partial charge in [-0.1, -0.05) is 12.1 Å². The van der Waals surface area contributed by atoms with Crippen LogP contribution in [0, 0.1) is 0 Å². The maximum absolute atomic E-state index is 11.0. The van der Waals surface area contributed by atoms with Crippen molar-refractivity contribution in [3.63, 3.8) is 0 Å². The van der Waals surface area contributed by atoms with E-state index >= 15 is 0 Å². The number of H-pyrrole nitrogens is 1. The van der Waals surface area contributed by atoms with Crippen molar-refractivity contribution >= 4 is 5.69 Å².